The summed E-state index contributed by atoms with van der Waals surface area (Å²) in [4.78, 5) is 0. The first kappa shape index (κ1) is 5.11. The Labute approximate surface area is 33.3 Å². The molecule has 0 radical (unpaired) electrons. The molecule has 0 heterocycles. The molecular formula is C2H6O2S. The summed E-state index contributed by atoms with van der Waals surface area (Å²) in [5, 5.41) is 7.84. The molecule has 1 N–H and O–H groups in total. The molecule has 0 fully saturated rings. The highest BCUT2D eigenvalue weighted by Gasteiger charge is 1.74. The van der Waals surface area contributed by atoms with Crippen molar-refractivity contribution in [2.75, 3.05) is 12.2 Å². The van der Waals surface area contributed by atoms with E-state index in [1.54, 1.807) is 0 Å². The van der Waals surface area contributed by atoms with Gasteiger partial charge in [-0.15, -0.1) is 0 Å². The molecular weight excluding hydrogens is 88.1 g/mol. The fourth-order valence-corrected chi connectivity index (χ4v) is 0. The fourth-order valence-electron chi connectivity index (χ4n) is 0. The van der Waals surface area contributed by atoms with Crippen molar-refractivity contribution in [2.24, 2.45) is 0 Å². The van der Waals surface area contributed by atoms with Gasteiger partial charge in [-0.2, -0.15) is 0 Å². The molecule has 3 heteroatoms. The van der Waals surface area contributed by atoms with Crippen LogP contribution in [0, 0.1) is 0 Å². The van der Waals surface area contributed by atoms with E-state index in [2.05, 4.69) is 0 Å². The van der Waals surface area contributed by atoms with Crippen molar-refractivity contribution in [3.05, 3.63) is 0 Å². The summed E-state index contributed by atoms with van der Waals surface area (Å²) < 4.78 is 9.67. The zero-order valence-electron chi connectivity index (χ0n) is 2.97. The number of aliphatic hydroxyl groups is 1. The summed E-state index contributed by atoms with van der Waals surface area (Å²) >= 11 is 0. The fraction of sp³-hybridized carbons (Fsp3) is 1.00. The lowest BCUT2D eigenvalue weighted by Gasteiger charge is -1.74. The number of aliphatic hydroxyl groups excluding tert-OH is 1. The van der Waals surface area contributed by atoms with Gasteiger partial charge in [-0.05, 0) is 0 Å². The first-order valence-corrected chi connectivity index (χ1v) is 2.91. The van der Waals surface area contributed by atoms with E-state index < -0.39 is 10.8 Å². The second-order valence-corrected chi connectivity index (χ2v) is 2.11. The summed E-state index contributed by atoms with van der Waals surface area (Å²) in [7, 11) is -1.02. The Kier molecular flexibility index (Phi) is 2.41. The monoisotopic (exact) mass is 94.0 g/mol. The molecule has 1 atom stereocenters. The Hall–Kier alpha value is 0.110. The van der Waals surface area contributed by atoms with Gasteiger partial charge < -0.3 is 5.11 Å². The van der Waals surface area contributed by atoms with Crippen LogP contribution in [-0.4, -0.2) is 21.5 Å². The molecule has 5 heavy (non-hydrogen) atoms. The molecule has 0 aromatic rings. The largest absolute Gasteiger partial charge is 0.383 e. The first-order valence-electron chi connectivity index (χ1n) is 1.18. The highest BCUT2D eigenvalue weighted by molar-refractivity contribution is 7.84. The van der Waals surface area contributed by atoms with Crippen molar-refractivity contribution in [3.8, 4) is 0 Å². The molecule has 0 aromatic heterocycles. The normalized spacial score (nSPS) is 14.8. The van der Waals surface area contributed by atoms with Gasteiger partial charge in [-0.25, -0.2) is 0 Å². The van der Waals surface area contributed by atoms with Gasteiger partial charge in [0.05, 0.1) is 0 Å². The van der Waals surface area contributed by atoms with Gasteiger partial charge in [-0.1, -0.05) is 0 Å². The average Bonchev–Trinajstić information content (AvgIpc) is 1.38. The van der Waals surface area contributed by atoms with E-state index in [1.807, 2.05) is 0 Å². The summed E-state index contributed by atoms with van der Waals surface area (Å²) in [6, 6.07) is 0. The summed E-state index contributed by atoms with van der Waals surface area (Å²) in [6.45, 7) is 0. The van der Waals surface area contributed by atoms with Crippen LogP contribution in [0.1, 0.15) is 0 Å². The van der Waals surface area contributed by atoms with Gasteiger partial charge in [0, 0.05) is 17.1 Å². The zero-order chi connectivity index (χ0) is 4.28. The minimum absolute atomic E-state index is 0.222. The van der Waals surface area contributed by atoms with Gasteiger partial charge >= 0.3 is 0 Å². The van der Waals surface area contributed by atoms with Crippen LogP contribution in [0.3, 0.4) is 0 Å². The summed E-state index contributed by atoms with van der Waals surface area (Å²) in [6.07, 6.45) is 1.44. The molecule has 0 aromatic carbocycles. The zero-order valence-corrected chi connectivity index (χ0v) is 3.79. The Morgan fingerprint density at radius 2 is 2.20 bits per heavy atom. The van der Waals surface area contributed by atoms with Crippen molar-refractivity contribution in [3.63, 3.8) is 0 Å². The van der Waals surface area contributed by atoms with Crippen molar-refractivity contribution < 1.29 is 9.32 Å². The quantitative estimate of drug-likeness (QED) is 0.467. The van der Waals surface area contributed by atoms with E-state index in [0.29, 0.717) is 0 Å². The Balaban J connectivity index is 2.85. The second-order valence-electron chi connectivity index (χ2n) is 0.702. The predicted octanol–water partition coefficient (Wildman–Crippen LogP) is -0.685. The minimum atomic E-state index is -1.02. The van der Waals surface area contributed by atoms with Crippen LogP contribution < -0.4 is 0 Å². The molecule has 0 bridgehead atoms. The van der Waals surface area contributed by atoms with E-state index in [4.69, 9.17) is 5.11 Å². The van der Waals surface area contributed by atoms with Crippen LogP contribution >= 0.6 is 0 Å². The maximum atomic E-state index is 9.67. The van der Waals surface area contributed by atoms with Crippen LogP contribution in [-0.2, 0) is 10.8 Å². The number of hydrogen-bond acceptors (Lipinski definition) is 2. The first-order chi connectivity index (χ1) is 2.27. The molecule has 0 rings (SSSR count). The topological polar surface area (TPSA) is 37.3 Å². The van der Waals surface area contributed by atoms with Crippen molar-refractivity contribution in [1.29, 1.82) is 0 Å². The SMILES string of the molecule is CS(=O)CO. The lowest BCUT2D eigenvalue weighted by atomic mass is 11.7. The predicted molar refractivity (Wildman–Crippen MR) is 21.2 cm³/mol. The highest BCUT2D eigenvalue weighted by Crippen LogP contribution is 1.60. The molecule has 0 aliphatic rings. The van der Waals surface area contributed by atoms with Crippen LogP contribution in [0.4, 0.5) is 0 Å². The highest BCUT2D eigenvalue weighted by atomic mass is 32.2. The van der Waals surface area contributed by atoms with E-state index >= 15 is 0 Å². The molecule has 0 aliphatic heterocycles. The van der Waals surface area contributed by atoms with E-state index in [0.717, 1.165) is 0 Å². The maximum Gasteiger partial charge on any atom is 0.118 e. The van der Waals surface area contributed by atoms with Crippen LogP contribution in [0.5, 0.6) is 0 Å². The van der Waals surface area contributed by atoms with Crippen LogP contribution in [0.25, 0.3) is 0 Å². The third-order valence-electron chi connectivity index (χ3n) is 0.182. The lowest BCUT2D eigenvalue weighted by Crippen LogP contribution is -1.88. The summed E-state index contributed by atoms with van der Waals surface area (Å²) in [5.74, 6) is -0.222. The van der Waals surface area contributed by atoms with E-state index in [9.17, 15) is 4.21 Å². The van der Waals surface area contributed by atoms with Gasteiger partial charge in [0.1, 0.15) is 5.94 Å². The number of hydrogen-bond donors (Lipinski definition) is 1. The molecule has 1 unspecified atom stereocenters. The molecule has 0 aliphatic carbocycles. The van der Waals surface area contributed by atoms with Gasteiger partial charge in [0.15, 0.2) is 0 Å². The molecule has 0 saturated heterocycles. The third-order valence-corrected chi connectivity index (χ3v) is 0.545. The van der Waals surface area contributed by atoms with Crippen LogP contribution in [0.2, 0.25) is 0 Å². The van der Waals surface area contributed by atoms with E-state index in [1.165, 1.54) is 6.26 Å². The van der Waals surface area contributed by atoms with Crippen LogP contribution in [0.15, 0.2) is 0 Å². The average molecular weight is 94.1 g/mol. The minimum Gasteiger partial charge on any atom is -0.383 e. The molecule has 2 nitrogen and oxygen atoms in total. The lowest BCUT2D eigenvalue weighted by molar-refractivity contribution is 0.369. The van der Waals surface area contributed by atoms with E-state index in [-0.39, 0.29) is 5.94 Å². The van der Waals surface area contributed by atoms with Crippen molar-refractivity contribution in [1.82, 2.24) is 0 Å². The second kappa shape index (κ2) is 2.35. The molecule has 0 spiro atoms. The van der Waals surface area contributed by atoms with Crippen molar-refractivity contribution in [2.45, 2.75) is 0 Å². The molecule has 0 saturated carbocycles. The Morgan fingerprint density at radius 3 is 2.20 bits per heavy atom. The molecule has 0 amide bonds. The smallest absolute Gasteiger partial charge is 0.118 e. The molecule has 32 valence electrons. The standard InChI is InChI=1S/C2H6O2S/c1-5(4)2-3/h3H,2H2,1H3. The summed E-state index contributed by atoms with van der Waals surface area (Å²) in [5.41, 5.74) is 0. The Bertz CT molecular complexity index is 42.9. The maximum absolute atomic E-state index is 9.67. The third kappa shape index (κ3) is 4.11. The van der Waals surface area contributed by atoms with Gasteiger partial charge in [0.25, 0.3) is 0 Å². The van der Waals surface area contributed by atoms with Crippen molar-refractivity contribution >= 4 is 10.8 Å². The Morgan fingerprint density at radius 1 is 2.00 bits per heavy atom. The number of rotatable bonds is 1. The van der Waals surface area contributed by atoms with Gasteiger partial charge in [0.2, 0.25) is 0 Å². The van der Waals surface area contributed by atoms with Gasteiger partial charge in [-0.3, -0.25) is 4.21 Å².